The number of carbonyl (C=O) groups excluding carboxylic acids is 3. The molecule has 2 aromatic heterocycles. The average Bonchev–Trinajstić information content (AvgIpc) is 3.17. The van der Waals surface area contributed by atoms with Crippen molar-refractivity contribution in [2.24, 2.45) is 0 Å². The fourth-order valence-electron chi connectivity index (χ4n) is 1.93. The van der Waals surface area contributed by atoms with Crippen LogP contribution in [0.15, 0.2) is 29.8 Å². The molecule has 0 radical (unpaired) electrons. The van der Waals surface area contributed by atoms with Crippen molar-refractivity contribution in [3.8, 4) is 0 Å². The number of ketones is 1. The monoisotopic (exact) mass is 320 g/mol. The summed E-state index contributed by atoms with van der Waals surface area (Å²) in [5.41, 5.74) is 0.711. The molecule has 1 unspecified atom stereocenters. The number of hydrogen-bond donors (Lipinski definition) is 2. The molecular formula is C15H16N2O4S. The molecule has 1 amide bonds. The fraction of sp³-hybridized carbons (Fsp3) is 0.267. The van der Waals surface area contributed by atoms with Gasteiger partial charge < -0.3 is 15.0 Å². The molecule has 1 atom stereocenters. The number of hydrogen-bond acceptors (Lipinski definition) is 5. The number of methoxy groups -OCH3 is 1. The van der Waals surface area contributed by atoms with E-state index in [9.17, 15) is 14.4 Å². The van der Waals surface area contributed by atoms with Crippen LogP contribution in [0.4, 0.5) is 0 Å². The van der Waals surface area contributed by atoms with E-state index in [-0.39, 0.29) is 23.8 Å². The van der Waals surface area contributed by atoms with Gasteiger partial charge >= 0.3 is 5.97 Å². The van der Waals surface area contributed by atoms with Crippen molar-refractivity contribution in [1.82, 2.24) is 10.3 Å². The number of ether oxygens (including phenoxy) is 1. The van der Waals surface area contributed by atoms with Crippen LogP contribution in [0.25, 0.3) is 0 Å². The van der Waals surface area contributed by atoms with Crippen LogP contribution in [0.1, 0.15) is 45.1 Å². The predicted molar refractivity (Wildman–Crippen MR) is 82.0 cm³/mol. The zero-order valence-corrected chi connectivity index (χ0v) is 13.0. The lowest BCUT2D eigenvalue weighted by Crippen LogP contribution is -2.30. The highest BCUT2D eigenvalue weighted by molar-refractivity contribution is 7.10. The van der Waals surface area contributed by atoms with E-state index in [4.69, 9.17) is 0 Å². The number of nitrogens with one attached hydrogen (secondary N) is 2. The molecule has 2 N–H and O–H groups in total. The molecule has 0 saturated heterocycles. The SMILES string of the molecule is COC(=O)CC(NC(=O)c1cc(C(C)=O)c[nH]1)c1cccs1. The van der Waals surface area contributed by atoms with Crippen molar-refractivity contribution in [3.05, 3.63) is 45.9 Å². The first-order valence-electron chi connectivity index (χ1n) is 6.61. The van der Waals surface area contributed by atoms with E-state index in [2.05, 4.69) is 15.0 Å². The maximum absolute atomic E-state index is 12.3. The van der Waals surface area contributed by atoms with Crippen LogP contribution in [0.3, 0.4) is 0 Å². The quantitative estimate of drug-likeness (QED) is 0.631. The Kier molecular flexibility index (Phi) is 5.11. The van der Waals surface area contributed by atoms with Crippen molar-refractivity contribution in [2.75, 3.05) is 7.11 Å². The highest BCUT2D eigenvalue weighted by atomic mass is 32.1. The number of thiophene rings is 1. The minimum absolute atomic E-state index is 0.0447. The molecule has 2 aromatic rings. The zero-order valence-electron chi connectivity index (χ0n) is 12.2. The third-order valence-electron chi connectivity index (χ3n) is 3.12. The Morgan fingerprint density at radius 3 is 2.73 bits per heavy atom. The maximum Gasteiger partial charge on any atom is 0.307 e. The number of aromatic amines is 1. The molecule has 0 saturated carbocycles. The Bertz CT molecular complexity index is 676. The number of carbonyl (C=O) groups is 3. The second-order valence-electron chi connectivity index (χ2n) is 4.68. The van der Waals surface area contributed by atoms with E-state index in [0.717, 1.165) is 4.88 Å². The van der Waals surface area contributed by atoms with Crippen LogP contribution in [0.2, 0.25) is 0 Å². The Hall–Kier alpha value is -2.41. The van der Waals surface area contributed by atoms with Crippen LogP contribution >= 0.6 is 11.3 Å². The standard InChI is InChI=1S/C15H16N2O4S/c1-9(18)10-6-12(16-8-10)15(20)17-11(7-14(19)21-2)13-4-3-5-22-13/h3-6,8,11,16H,7H2,1-2H3,(H,17,20). The summed E-state index contributed by atoms with van der Waals surface area (Å²) in [6.07, 6.45) is 1.53. The molecule has 0 aliphatic heterocycles. The summed E-state index contributed by atoms with van der Waals surface area (Å²) >= 11 is 1.44. The normalized spacial score (nSPS) is 11.7. The molecule has 0 fully saturated rings. The Morgan fingerprint density at radius 2 is 2.18 bits per heavy atom. The van der Waals surface area contributed by atoms with Crippen LogP contribution < -0.4 is 5.32 Å². The minimum atomic E-state index is -0.468. The van der Waals surface area contributed by atoms with Crippen LogP contribution in [0.5, 0.6) is 0 Å². The molecule has 116 valence electrons. The van der Waals surface area contributed by atoms with Gasteiger partial charge in [-0.2, -0.15) is 0 Å². The number of aromatic nitrogens is 1. The molecular weight excluding hydrogens is 304 g/mol. The molecule has 22 heavy (non-hydrogen) atoms. The number of Topliss-reactive ketones (excluding diaryl/α,β-unsaturated/α-hetero) is 1. The highest BCUT2D eigenvalue weighted by Gasteiger charge is 2.21. The van der Waals surface area contributed by atoms with Gasteiger partial charge in [-0.05, 0) is 24.4 Å². The van der Waals surface area contributed by atoms with Crippen LogP contribution in [-0.4, -0.2) is 29.8 Å². The fourth-order valence-corrected chi connectivity index (χ4v) is 2.70. The van der Waals surface area contributed by atoms with E-state index in [1.54, 1.807) is 0 Å². The third-order valence-corrected chi connectivity index (χ3v) is 4.11. The van der Waals surface area contributed by atoms with E-state index in [0.29, 0.717) is 5.56 Å². The molecule has 0 spiro atoms. The molecule has 0 aromatic carbocycles. The van der Waals surface area contributed by atoms with Crippen molar-refractivity contribution in [2.45, 2.75) is 19.4 Å². The lowest BCUT2D eigenvalue weighted by atomic mass is 10.1. The molecule has 7 heteroatoms. The van der Waals surface area contributed by atoms with Crippen LogP contribution in [-0.2, 0) is 9.53 Å². The first-order valence-corrected chi connectivity index (χ1v) is 7.49. The summed E-state index contributed by atoms with van der Waals surface area (Å²) < 4.78 is 4.66. The Morgan fingerprint density at radius 1 is 1.41 bits per heavy atom. The van der Waals surface area contributed by atoms with Gasteiger partial charge in [-0.25, -0.2) is 0 Å². The highest BCUT2D eigenvalue weighted by Crippen LogP contribution is 2.23. The van der Waals surface area contributed by atoms with E-state index >= 15 is 0 Å². The van der Waals surface area contributed by atoms with Gasteiger partial charge in [0.1, 0.15) is 5.69 Å². The second-order valence-corrected chi connectivity index (χ2v) is 5.66. The maximum atomic E-state index is 12.3. The van der Waals surface area contributed by atoms with Gasteiger partial charge in [0, 0.05) is 16.6 Å². The molecule has 2 rings (SSSR count). The predicted octanol–water partition coefficient (Wildman–Crippen LogP) is 2.31. The molecule has 6 nitrogen and oxygen atoms in total. The summed E-state index contributed by atoms with van der Waals surface area (Å²) in [6, 6.07) is 4.71. The minimum Gasteiger partial charge on any atom is -0.469 e. The average molecular weight is 320 g/mol. The van der Waals surface area contributed by atoms with Gasteiger partial charge in [-0.15, -0.1) is 11.3 Å². The third kappa shape index (κ3) is 3.82. The topological polar surface area (TPSA) is 88.3 Å². The van der Waals surface area contributed by atoms with Gasteiger partial charge in [0.05, 0.1) is 19.6 Å². The molecule has 0 bridgehead atoms. The second kappa shape index (κ2) is 7.04. The van der Waals surface area contributed by atoms with Crippen molar-refractivity contribution < 1.29 is 19.1 Å². The zero-order chi connectivity index (χ0) is 16.1. The van der Waals surface area contributed by atoms with E-state index in [1.165, 1.54) is 37.6 Å². The van der Waals surface area contributed by atoms with Gasteiger partial charge in [-0.1, -0.05) is 6.07 Å². The molecule has 2 heterocycles. The Balaban J connectivity index is 2.13. The largest absolute Gasteiger partial charge is 0.469 e. The smallest absolute Gasteiger partial charge is 0.307 e. The molecule has 0 aliphatic carbocycles. The van der Waals surface area contributed by atoms with Gasteiger partial charge in [0.15, 0.2) is 5.78 Å². The van der Waals surface area contributed by atoms with Crippen molar-refractivity contribution in [3.63, 3.8) is 0 Å². The van der Waals surface area contributed by atoms with Gasteiger partial charge in [0.2, 0.25) is 0 Å². The summed E-state index contributed by atoms with van der Waals surface area (Å²) in [7, 11) is 1.31. The summed E-state index contributed by atoms with van der Waals surface area (Å²) in [4.78, 5) is 38.6. The number of esters is 1. The van der Waals surface area contributed by atoms with Gasteiger partial charge in [0.25, 0.3) is 5.91 Å². The van der Waals surface area contributed by atoms with Crippen LogP contribution in [0, 0.1) is 0 Å². The Labute approximate surface area is 131 Å². The lowest BCUT2D eigenvalue weighted by molar-refractivity contribution is -0.141. The number of amides is 1. The van der Waals surface area contributed by atoms with E-state index in [1.807, 2.05) is 17.5 Å². The van der Waals surface area contributed by atoms with Gasteiger partial charge in [-0.3, -0.25) is 14.4 Å². The van der Waals surface area contributed by atoms with Crippen molar-refractivity contribution in [1.29, 1.82) is 0 Å². The summed E-state index contributed by atoms with van der Waals surface area (Å²) in [5.74, 6) is -0.913. The number of H-pyrrole nitrogens is 1. The first-order chi connectivity index (χ1) is 10.5. The summed E-state index contributed by atoms with van der Waals surface area (Å²) in [5, 5.41) is 4.65. The molecule has 0 aliphatic rings. The first kappa shape index (κ1) is 16.0. The van der Waals surface area contributed by atoms with E-state index < -0.39 is 12.0 Å². The lowest BCUT2D eigenvalue weighted by Gasteiger charge is -2.15. The number of rotatable bonds is 6. The summed E-state index contributed by atoms with van der Waals surface area (Å²) in [6.45, 7) is 1.43. The van der Waals surface area contributed by atoms with Crippen molar-refractivity contribution >= 4 is 29.0 Å².